The molecular formula is C16H14ClF3N2O3S2. The average Bonchev–Trinajstić information content (AvgIpc) is 3.28. The molecule has 3 aliphatic rings. The summed E-state index contributed by atoms with van der Waals surface area (Å²) in [6, 6.07) is 2.27. The number of thioether (sulfide) groups is 1. The van der Waals surface area contributed by atoms with Crippen LogP contribution in [0.3, 0.4) is 0 Å². The fourth-order valence-corrected chi connectivity index (χ4v) is 7.36. The lowest BCUT2D eigenvalue weighted by Gasteiger charge is -2.26. The topological polar surface area (TPSA) is 66.8 Å². The molecule has 0 N–H and O–H groups in total. The number of amidine groups is 1. The van der Waals surface area contributed by atoms with Gasteiger partial charge in [0, 0.05) is 11.2 Å². The Morgan fingerprint density at radius 1 is 1.26 bits per heavy atom. The van der Waals surface area contributed by atoms with E-state index in [2.05, 4.69) is 4.99 Å². The van der Waals surface area contributed by atoms with E-state index in [4.69, 9.17) is 11.6 Å². The minimum absolute atomic E-state index is 0.0194. The van der Waals surface area contributed by atoms with E-state index in [0.717, 1.165) is 42.8 Å². The van der Waals surface area contributed by atoms with Crippen LogP contribution in [0, 0.1) is 5.92 Å². The second-order valence-electron chi connectivity index (χ2n) is 6.84. The van der Waals surface area contributed by atoms with Crippen molar-refractivity contribution in [2.75, 3.05) is 16.4 Å². The minimum atomic E-state index is -4.57. The van der Waals surface area contributed by atoms with Crippen LogP contribution in [-0.4, -0.2) is 42.3 Å². The number of anilines is 1. The van der Waals surface area contributed by atoms with E-state index in [1.807, 2.05) is 0 Å². The Labute approximate surface area is 162 Å². The molecule has 1 saturated carbocycles. The first kappa shape index (κ1) is 19.1. The Balaban J connectivity index is 1.79. The number of alkyl halides is 3. The van der Waals surface area contributed by atoms with Crippen LogP contribution in [0.15, 0.2) is 23.2 Å². The van der Waals surface area contributed by atoms with Gasteiger partial charge in [0.15, 0.2) is 15.0 Å². The number of benzene rings is 1. The van der Waals surface area contributed by atoms with Gasteiger partial charge in [-0.25, -0.2) is 8.42 Å². The lowest BCUT2D eigenvalue weighted by Crippen LogP contribution is -2.38. The summed E-state index contributed by atoms with van der Waals surface area (Å²) in [5.74, 6) is -0.797. The summed E-state index contributed by atoms with van der Waals surface area (Å²) >= 11 is 7.28. The Hall–Kier alpha value is -1.26. The first-order valence-electron chi connectivity index (χ1n) is 8.21. The number of nitrogens with zero attached hydrogens (tertiary/aromatic N) is 2. The summed E-state index contributed by atoms with van der Waals surface area (Å²) in [6.45, 7) is 0. The van der Waals surface area contributed by atoms with E-state index in [0.29, 0.717) is 0 Å². The first-order valence-corrected chi connectivity index (χ1v) is 11.3. The number of amides is 1. The molecule has 2 aliphatic heterocycles. The van der Waals surface area contributed by atoms with Gasteiger partial charge in [-0.1, -0.05) is 23.4 Å². The van der Waals surface area contributed by atoms with Crippen molar-refractivity contribution in [1.82, 2.24) is 0 Å². The van der Waals surface area contributed by atoms with Gasteiger partial charge < -0.3 is 4.90 Å². The van der Waals surface area contributed by atoms with Crippen molar-refractivity contribution in [2.24, 2.45) is 10.9 Å². The molecule has 1 aromatic rings. The maximum absolute atomic E-state index is 13.2. The molecule has 2 saturated heterocycles. The molecular weight excluding hydrogens is 425 g/mol. The number of hydrogen-bond donors (Lipinski definition) is 0. The normalized spacial score (nSPS) is 28.6. The van der Waals surface area contributed by atoms with Crippen LogP contribution in [0.5, 0.6) is 0 Å². The number of halogens is 4. The second kappa shape index (κ2) is 6.38. The molecule has 2 heterocycles. The quantitative estimate of drug-likeness (QED) is 0.708. The van der Waals surface area contributed by atoms with E-state index >= 15 is 0 Å². The number of carbonyl (C=O) groups excluding carboxylic acids is 1. The highest BCUT2D eigenvalue weighted by Gasteiger charge is 2.50. The van der Waals surface area contributed by atoms with Gasteiger partial charge in [0.05, 0.1) is 33.8 Å². The lowest BCUT2D eigenvalue weighted by molar-refractivity contribution is -0.137. The van der Waals surface area contributed by atoms with Gasteiger partial charge in [-0.3, -0.25) is 4.79 Å². The molecule has 0 radical (unpaired) electrons. The highest BCUT2D eigenvalue weighted by Crippen LogP contribution is 2.45. The molecule has 0 bridgehead atoms. The maximum Gasteiger partial charge on any atom is 0.416 e. The molecule has 3 fully saturated rings. The number of fused-ring (bicyclic) bond motifs is 1. The molecule has 0 spiro atoms. The van der Waals surface area contributed by atoms with Crippen LogP contribution in [-0.2, 0) is 20.8 Å². The van der Waals surface area contributed by atoms with Crippen molar-refractivity contribution < 1.29 is 26.4 Å². The fourth-order valence-electron chi connectivity index (χ4n) is 3.24. The van der Waals surface area contributed by atoms with E-state index in [1.54, 1.807) is 0 Å². The Bertz CT molecular complexity index is 945. The van der Waals surface area contributed by atoms with E-state index < -0.39 is 32.9 Å². The Kier molecular flexibility index (Phi) is 4.51. The molecule has 0 aromatic heterocycles. The second-order valence-corrected chi connectivity index (χ2v) is 10.6. The van der Waals surface area contributed by atoms with Crippen LogP contribution in [0.25, 0.3) is 0 Å². The number of carbonyl (C=O) groups is 1. The van der Waals surface area contributed by atoms with Crippen LogP contribution in [0.4, 0.5) is 18.9 Å². The first-order chi connectivity index (χ1) is 12.5. The Morgan fingerprint density at radius 3 is 2.59 bits per heavy atom. The lowest BCUT2D eigenvalue weighted by atomic mass is 10.1. The number of aliphatic imine (C=N–C) groups is 1. The van der Waals surface area contributed by atoms with Crippen molar-refractivity contribution in [1.29, 1.82) is 0 Å². The zero-order valence-electron chi connectivity index (χ0n) is 13.7. The van der Waals surface area contributed by atoms with Gasteiger partial charge in [0.1, 0.15) is 0 Å². The van der Waals surface area contributed by atoms with E-state index in [-0.39, 0.29) is 39.2 Å². The molecule has 0 unspecified atom stereocenters. The molecule has 2 atom stereocenters. The molecule has 1 aromatic carbocycles. The average molecular weight is 439 g/mol. The van der Waals surface area contributed by atoms with Gasteiger partial charge in [-0.2, -0.15) is 18.2 Å². The smallest absolute Gasteiger partial charge is 0.314 e. The summed E-state index contributed by atoms with van der Waals surface area (Å²) in [7, 11) is -3.32. The Morgan fingerprint density at radius 2 is 1.96 bits per heavy atom. The van der Waals surface area contributed by atoms with E-state index in [1.165, 1.54) is 4.90 Å². The summed E-state index contributed by atoms with van der Waals surface area (Å²) in [5, 5.41) is -0.135. The van der Waals surface area contributed by atoms with Gasteiger partial charge in [0.25, 0.3) is 5.91 Å². The molecule has 146 valence electrons. The summed E-state index contributed by atoms with van der Waals surface area (Å²) in [6.07, 6.45) is -3.09. The number of rotatable bonds is 2. The van der Waals surface area contributed by atoms with E-state index in [9.17, 15) is 26.4 Å². The molecule has 5 nitrogen and oxygen atoms in total. The maximum atomic E-state index is 13.2. The largest absolute Gasteiger partial charge is 0.416 e. The minimum Gasteiger partial charge on any atom is -0.314 e. The van der Waals surface area contributed by atoms with Crippen molar-refractivity contribution in [2.45, 2.75) is 30.3 Å². The molecule has 1 amide bonds. The van der Waals surface area contributed by atoms with Crippen molar-refractivity contribution in [3.8, 4) is 0 Å². The number of sulfone groups is 1. The monoisotopic (exact) mass is 438 g/mol. The van der Waals surface area contributed by atoms with Gasteiger partial charge in [-0.15, -0.1) is 0 Å². The zero-order valence-corrected chi connectivity index (χ0v) is 16.1. The highest BCUT2D eigenvalue weighted by molar-refractivity contribution is 8.16. The van der Waals surface area contributed by atoms with Gasteiger partial charge >= 0.3 is 6.18 Å². The van der Waals surface area contributed by atoms with Crippen molar-refractivity contribution in [3.05, 3.63) is 28.8 Å². The third-order valence-electron chi connectivity index (χ3n) is 4.73. The summed E-state index contributed by atoms with van der Waals surface area (Å²) < 4.78 is 63.5. The van der Waals surface area contributed by atoms with Crippen LogP contribution >= 0.6 is 23.4 Å². The summed E-state index contributed by atoms with van der Waals surface area (Å²) in [4.78, 5) is 17.6. The molecule has 1 aliphatic carbocycles. The highest BCUT2D eigenvalue weighted by atomic mass is 35.5. The third-order valence-corrected chi connectivity index (χ3v) is 8.26. The predicted octanol–water partition coefficient (Wildman–Crippen LogP) is 3.37. The summed E-state index contributed by atoms with van der Waals surface area (Å²) in [5.41, 5.74) is -0.880. The third kappa shape index (κ3) is 3.71. The zero-order chi connectivity index (χ0) is 19.6. The fraction of sp³-hybridized carbons (Fsp3) is 0.500. The standard InChI is InChI=1S/C16H14ClF3N2O3S2/c17-10-4-3-9(16(18,19)20)5-11(10)22-12-6-27(24,25)7-13(12)26-15(22)21-14(23)8-1-2-8/h3-5,8,12-13H,1-2,6-7H2/t12-,13-/m0/s1. The van der Waals surface area contributed by atoms with Gasteiger partial charge in [-0.05, 0) is 31.0 Å². The molecule has 11 heteroatoms. The molecule has 4 rings (SSSR count). The van der Waals surface area contributed by atoms with Crippen molar-refractivity contribution >= 4 is 50.0 Å². The molecule has 27 heavy (non-hydrogen) atoms. The van der Waals surface area contributed by atoms with Crippen molar-refractivity contribution in [3.63, 3.8) is 0 Å². The van der Waals surface area contributed by atoms with Crippen LogP contribution in [0.2, 0.25) is 5.02 Å². The predicted molar refractivity (Wildman–Crippen MR) is 97.9 cm³/mol. The number of hydrogen-bond acceptors (Lipinski definition) is 4. The van der Waals surface area contributed by atoms with Gasteiger partial charge in [0.2, 0.25) is 0 Å². The van der Waals surface area contributed by atoms with Crippen LogP contribution < -0.4 is 4.90 Å². The SMILES string of the molecule is O=C(N=C1S[C@H]2CS(=O)(=O)C[C@@H]2N1c1cc(C(F)(F)F)ccc1Cl)C1CC1. The van der Waals surface area contributed by atoms with Crippen LogP contribution in [0.1, 0.15) is 18.4 Å².